The number of pyridine rings is 1. The zero-order valence-electron chi connectivity index (χ0n) is 8.73. The molecule has 16 heavy (non-hydrogen) atoms. The molecule has 0 saturated heterocycles. The normalized spacial score (nSPS) is 14.9. The number of hydrogen-bond acceptors (Lipinski definition) is 5. The number of nitrogens with two attached hydrogens (primary N) is 2. The summed E-state index contributed by atoms with van der Waals surface area (Å²) < 4.78 is 2.60. The Bertz CT molecular complexity index is 615. The summed E-state index contributed by atoms with van der Waals surface area (Å²) in [5, 5.41) is 0. The van der Waals surface area contributed by atoms with Gasteiger partial charge in [-0.1, -0.05) is 21.9 Å². The Morgan fingerprint density at radius 3 is 3.12 bits per heavy atom. The Morgan fingerprint density at radius 2 is 2.31 bits per heavy atom. The first kappa shape index (κ1) is 9.92. The van der Waals surface area contributed by atoms with E-state index in [0.29, 0.717) is 5.82 Å². The van der Waals surface area contributed by atoms with Gasteiger partial charge in [0.2, 0.25) is 5.82 Å². The van der Waals surface area contributed by atoms with Crippen molar-refractivity contribution in [3.05, 3.63) is 16.6 Å². The van der Waals surface area contributed by atoms with Crippen molar-refractivity contribution in [2.75, 3.05) is 17.3 Å². The van der Waals surface area contributed by atoms with Crippen LogP contribution in [0.15, 0.2) is 16.0 Å². The molecule has 0 bridgehead atoms. The van der Waals surface area contributed by atoms with Gasteiger partial charge in [-0.3, -0.25) is 5.84 Å². The Labute approximate surface area is 101 Å². The monoisotopic (exact) mass is 251 g/mol. The SMILES string of the molecule is CC1=Cc2c(c3scnc3[n+](N)c2N)SC1. The van der Waals surface area contributed by atoms with Gasteiger partial charge in [0.25, 0.3) is 0 Å². The second kappa shape index (κ2) is 3.36. The van der Waals surface area contributed by atoms with E-state index in [1.807, 2.05) is 11.8 Å². The van der Waals surface area contributed by atoms with Crippen LogP contribution in [-0.4, -0.2) is 10.7 Å². The highest BCUT2D eigenvalue weighted by Crippen LogP contribution is 2.39. The first-order valence-electron chi connectivity index (χ1n) is 4.84. The van der Waals surface area contributed by atoms with Crippen LogP contribution < -0.4 is 16.3 Å². The van der Waals surface area contributed by atoms with Crippen molar-refractivity contribution in [2.45, 2.75) is 11.8 Å². The van der Waals surface area contributed by atoms with Gasteiger partial charge >= 0.3 is 5.65 Å². The van der Waals surface area contributed by atoms with Crippen LogP contribution in [0.25, 0.3) is 16.4 Å². The molecule has 0 fully saturated rings. The third-order valence-corrected chi connectivity index (χ3v) is 4.87. The average molecular weight is 251 g/mol. The zero-order chi connectivity index (χ0) is 11.3. The molecule has 2 aromatic heterocycles. The van der Waals surface area contributed by atoms with Gasteiger partial charge in [0.15, 0.2) is 5.51 Å². The molecule has 4 nitrogen and oxygen atoms in total. The molecule has 0 amide bonds. The van der Waals surface area contributed by atoms with Crippen molar-refractivity contribution in [3.8, 4) is 0 Å². The molecule has 3 heterocycles. The molecule has 0 spiro atoms. The van der Waals surface area contributed by atoms with E-state index in [0.717, 1.165) is 21.7 Å². The molecule has 1 aliphatic rings. The molecule has 3 rings (SSSR count). The number of hydrogen-bond donors (Lipinski definition) is 2. The molecule has 0 atom stereocenters. The number of rotatable bonds is 0. The van der Waals surface area contributed by atoms with Gasteiger partial charge in [-0.25, -0.2) is 0 Å². The molecule has 0 radical (unpaired) electrons. The molecular formula is C10H11N4S2+. The number of nitrogen functional groups attached to an aromatic ring is 2. The summed E-state index contributed by atoms with van der Waals surface area (Å²) in [6, 6.07) is 0. The molecular weight excluding hydrogens is 240 g/mol. The minimum Gasteiger partial charge on any atom is -0.316 e. The summed E-state index contributed by atoms with van der Waals surface area (Å²) in [7, 11) is 0. The van der Waals surface area contributed by atoms with Gasteiger partial charge in [0.1, 0.15) is 4.70 Å². The van der Waals surface area contributed by atoms with Crippen molar-refractivity contribution >= 4 is 45.3 Å². The number of aromatic nitrogens is 2. The lowest BCUT2D eigenvalue weighted by atomic mass is 10.1. The minimum atomic E-state index is 0.583. The van der Waals surface area contributed by atoms with Crippen LogP contribution in [0, 0.1) is 0 Å². The summed E-state index contributed by atoms with van der Waals surface area (Å²) in [5.74, 6) is 7.52. The summed E-state index contributed by atoms with van der Waals surface area (Å²) in [5.41, 5.74) is 11.0. The van der Waals surface area contributed by atoms with Crippen LogP contribution in [0.1, 0.15) is 12.5 Å². The van der Waals surface area contributed by atoms with Crippen LogP contribution in [0.4, 0.5) is 5.82 Å². The predicted molar refractivity (Wildman–Crippen MR) is 68.8 cm³/mol. The average Bonchev–Trinajstić information content (AvgIpc) is 2.75. The van der Waals surface area contributed by atoms with E-state index in [4.69, 9.17) is 11.6 Å². The first-order chi connectivity index (χ1) is 7.68. The Balaban J connectivity index is 2.47. The molecule has 0 aromatic carbocycles. The number of nitrogens with zero attached hydrogens (tertiary/aromatic N) is 2. The maximum Gasteiger partial charge on any atom is 0.303 e. The molecule has 2 aromatic rings. The summed E-state index contributed by atoms with van der Waals surface area (Å²) in [6.45, 7) is 2.10. The zero-order valence-corrected chi connectivity index (χ0v) is 10.4. The molecule has 82 valence electrons. The molecule has 6 heteroatoms. The van der Waals surface area contributed by atoms with Crippen molar-refractivity contribution in [2.24, 2.45) is 0 Å². The minimum absolute atomic E-state index is 0.583. The summed E-state index contributed by atoms with van der Waals surface area (Å²) >= 11 is 3.42. The van der Waals surface area contributed by atoms with Crippen molar-refractivity contribution in [3.63, 3.8) is 0 Å². The quantitative estimate of drug-likeness (QED) is 0.548. The summed E-state index contributed by atoms with van der Waals surface area (Å²) in [6.07, 6.45) is 2.11. The van der Waals surface area contributed by atoms with Crippen LogP contribution in [0.3, 0.4) is 0 Å². The van der Waals surface area contributed by atoms with E-state index in [9.17, 15) is 0 Å². The molecule has 0 saturated carbocycles. The fourth-order valence-electron chi connectivity index (χ4n) is 1.81. The van der Waals surface area contributed by atoms with Crippen LogP contribution in [0.2, 0.25) is 0 Å². The lowest BCUT2D eigenvalue weighted by Gasteiger charge is -2.14. The van der Waals surface area contributed by atoms with Gasteiger partial charge in [-0.2, -0.15) is 0 Å². The van der Waals surface area contributed by atoms with Gasteiger partial charge in [-0.15, -0.1) is 16.4 Å². The number of fused-ring (bicyclic) bond motifs is 3. The maximum atomic E-state index is 6.04. The van der Waals surface area contributed by atoms with E-state index in [1.54, 1.807) is 16.8 Å². The van der Waals surface area contributed by atoms with E-state index >= 15 is 0 Å². The highest BCUT2D eigenvalue weighted by atomic mass is 32.2. The number of thioether (sulfide) groups is 1. The fourth-order valence-corrected chi connectivity index (χ4v) is 3.86. The van der Waals surface area contributed by atoms with Crippen LogP contribution in [-0.2, 0) is 0 Å². The molecule has 1 aliphatic heterocycles. The Morgan fingerprint density at radius 1 is 1.50 bits per heavy atom. The lowest BCUT2D eigenvalue weighted by Crippen LogP contribution is -2.48. The van der Waals surface area contributed by atoms with Crippen LogP contribution >= 0.6 is 23.1 Å². The topological polar surface area (TPSA) is 68.8 Å². The third kappa shape index (κ3) is 1.23. The fraction of sp³-hybridized carbons (Fsp3) is 0.200. The third-order valence-electron chi connectivity index (χ3n) is 2.60. The van der Waals surface area contributed by atoms with Gasteiger partial charge in [0, 0.05) is 10.6 Å². The van der Waals surface area contributed by atoms with E-state index in [-0.39, 0.29) is 0 Å². The van der Waals surface area contributed by atoms with E-state index < -0.39 is 0 Å². The standard InChI is InChI=1S/C10H10N4S2/c1-5-2-6-7(15-3-5)8-10(13-4-16-8)14(12)9(6)11/h2,4,11H,3,12H2,1H3/p+1. The first-order valence-corrected chi connectivity index (χ1v) is 6.70. The smallest absolute Gasteiger partial charge is 0.303 e. The van der Waals surface area contributed by atoms with Gasteiger partial charge < -0.3 is 5.73 Å². The maximum absolute atomic E-state index is 6.04. The Kier molecular flexibility index (Phi) is 2.08. The van der Waals surface area contributed by atoms with Gasteiger partial charge in [-0.05, 0) is 13.0 Å². The van der Waals surface area contributed by atoms with Crippen LogP contribution in [0.5, 0.6) is 0 Å². The highest BCUT2D eigenvalue weighted by molar-refractivity contribution is 8.00. The van der Waals surface area contributed by atoms with Crippen molar-refractivity contribution in [1.29, 1.82) is 0 Å². The number of thiazole rings is 1. The second-order valence-corrected chi connectivity index (χ2v) is 5.62. The molecule has 0 aliphatic carbocycles. The van der Waals surface area contributed by atoms with Crippen molar-refractivity contribution in [1.82, 2.24) is 4.98 Å². The molecule has 4 N–H and O–H groups in total. The van der Waals surface area contributed by atoms with E-state index in [1.165, 1.54) is 15.1 Å². The number of anilines is 1. The largest absolute Gasteiger partial charge is 0.316 e. The Hall–Kier alpha value is -1.27. The molecule has 0 unspecified atom stereocenters. The summed E-state index contributed by atoms with van der Waals surface area (Å²) in [4.78, 5) is 5.46. The van der Waals surface area contributed by atoms with E-state index in [2.05, 4.69) is 18.0 Å². The van der Waals surface area contributed by atoms with Gasteiger partial charge in [0.05, 0.1) is 5.56 Å². The highest BCUT2D eigenvalue weighted by Gasteiger charge is 2.24. The van der Waals surface area contributed by atoms with Crippen molar-refractivity contribution < 1.29 is 4.68 Å². The second-order valence-electron chi connectivity index (χ2n) is 3.78. The lowest BCUT2D eigenvalue weighted by molar-refractivity contribution is -0.598. The predicted octanol–water partition coefficient (Wildman–Crippen LogP) is 1.39.